The maximum Gasteiger partial charge on any atom is 0.338 e. The van der Waals surface area contributed by atoms with E-state index in [4.69, 9.17) is 30.0 Å². The summed E-state index contributed by atoms with van der Waals surface area (Å²) in [6, 6.07) is 20.6. The van der Waals surface area contributed by atoms with Crippen LogP contribution in [0.4, 0.5) is 0 Å². The highest BCUT2D eigenvalue weighted by molar-refractivity contribution is 7.86. The summed E-state index contributed by atoms with van der Waals surface area (Å²) < 4.78 is 49.0. The van der Waals surface area contributed by atoms with Crippen LogP contribution in [-0.2, 0) is 23.8 Å². The molecule has 1 aliphatic rings. The third-order valence-corrected chi connectivity index (χ3v) is 7.20. The lowest BCUT2D eigenvalue weighted by atomic mass is 9.99. The van der Waals surface area contributed by atoms with Gasteiger partial charge in [0.25, 0.3) is 10.1 Å². The van der Waals surface area contributed by atoms with Gasteiger partial charge in [0.2, 0.25) is 6.29 Å². The van der Waals surface area contributed by atoms with Crippen LogP contribution in [0.1, 0.15) is 22.8 Å². The number of esters is 1. The van der Waals surface area contributed by atoms with Crippen LogP contribution >= 0.6 is 11.6 Å². The van der Waals surface area contributed by atoms with Crippen molar-refractivity contribution in [1.82, 2.24) is 0 Å². The molecule has 1 saturated heterocycles. The quantitative estimate of drug-likeness (QED) is 0.357. The Morgan fingerprint density at radius 2 is 1.58 bits per heavy atom. The van der Waals surface area contributed by atoms with Crippen LogP contribution in [0.15, 0.2) is 83.8 Å². The Kier molecular flexibility index (Phi) is 7.97. The van der Waals surface area contributed by atoms with Gasteiger partial charge in [0, 0.05) is 5.02 Å². The lowest BCUT2D eigenvalue weighted by Gasteiger charge is -2.42. The van der Waals surface area contributed by atoms with Crippen LogP contribution in [0.25, 0.3) is 0 Å². The van der Waals surface area contributed by atoms with E-state index in [0.717, 1.165) is 5.56 Å². The van der Waals surface area contributed by atoms with Gasteiger partial charge in [0.1, 0.15) is 18.0 Å². The number of aryl methyl sites for hydroxylation is 1. The summed E-state index contributed by atoms with van der Waals surface area (Å²) in [6.45, 7) is 3.41. The number of rotatable bonds is 7. The molecule has 0 aliphatic carbocycles. The van der Waals surface area contributed by atoms with Gasteiger partial charge < -0.3 is 19.3 Å². The molecule has 1 aliphatic heterocycles. The summed E-state index contributed by atoms with van der Waals surface area (Å²) in [5.74, 6) is -0.369. The van der Waals surface area contributed by atoms with Gasteiger partial charge in [-0.15, -0.1) is 0 Å². The molecule has 8 nitrogen and oxygen atoms in total. The van der Waals surface area contributed by atoms with Gasteiger partial charge in [-0.3, -0.25) is 4.18 Å². The molecule has 1 fully saturated rings. The second-order valence-corrected chi connectivity index (χ2v) is 10.3. The van der Waals surface area contributed by atoms with Crippen molar-refractivity contribution in [2.45, 2.75) is 49.4 Å². The number of ether oxygens (including phenoxy) is 3. The number of aliphatic hydroxyl groups excluding tert-OH is 1. The smallest absolute Gasteiger partial charge is 0.338 e. The number of hydrogen-bond donors (Lipinski definition) is 1. The summed E-state index contributed by atoms with van der Waals surface area (Å²) in [7, 11) is -4.39. The van der Waals surface area contributed by atoms with Crippen LogP contribution in [-0.4, -0.2) is 50.2 Å². The molecular weight excluding hydrogens is 508 g/mol. The summed E-state index contributed by atoms with van der Waals surface area (Å²) in [5, 5.41) is 11.2. The molecule has 10 heteroatoms. The minimum Gasteiger partial charge on any atom is -0.461 e. The number of aliphatic hydroxyl groups is 1. The second kappa shape index (κ2) is 11.0. The molecule has 4 rings (SSSR count). The molecule has 0 radical (unpaired) electrons. The maximum atomic E-state index is 13.1. The Morgan fingerprint density at radius 1 is 0.944 bits per heavy atom. The second-order valence-electron chi connectivity index (χ2n) is 8.34. The van der Waals surface area contributed by atoms with Crippen LogP contribution in [0, 0.1) is 6.92 Å². The van der Waals surface area contributed by atoms with Gasteiger partial charge in [-0.05, 0) is 62.4 Å². The zero-order valence-electron chi connectivity index (χ0n) is 19.5. The predicted molar refractivity (Wildman–Crippen MR) is 131 cm³/mol. The van der Waals surface area contributed by atoms with Crippen molar-refractivity contribution < 1.29 is 36.7 Å². The van der Waals surface area contributed by atoms with Crippen molar-refractivity contribution in [3.05, 3.63) is 95.0 Å². The number of carbonyl (C=O) groups is 1. The molecule has 5 atom stereocenters. The molecule has 0 spiro atoms. The molecule has 3 aromatic rings. The van der Waals surface area contributed by atoms with Crippen LogP contribution in [0.5, 0.6) is 5.75 Å². The van der Waals surface area contributed by atoms with Crippen molar-refractivity contribution in [3.8, 4) is 5.75 Å². The molecule has 3 aromatic carbocycles. The molecule has 36 heavy (non-hydrogen) atoms. The van der Waals surface area contributed by atoms with Gasteiger partial charge in [-0.25, -0.2) is 4.79 Å². The van der Waals surface area contributed by atoms with Gasteiger partial charge in [-0.2, -0.15) is 8.42 Å². The number of para-hydroxylation sites is 1. The third kappa shape index (κ3) is 6.05. The largest absolute Gasteiger partial charge is 0.461 e. The monoisotopic (exact) mass is 532 g/mol. The lowest BCUT2D eigenvalue weighted by Crippen LogP contribution is -2.61. The fourth-order valence-corrected chi connectivity index (χ4v) is 4.85. The first-order chi connectivity index (χ1) is 17.1. The average molecular weight is 533 g/mol. The molecule has 1 N–H and O–H groups in total. The molecule has 0 aromatic heterocycles. The average Bonchev–Trinajstić information content (AvgIpc) is 2.85. The van der Waals surface area contributed by atoms with Gasteiger partial charge >= 0.3 is 5.97 Å². The van der Waals surface area contributed by atoms with E-state index in [-0.39, 0.29) is 10.5 Å². The topological polar surface area (TPSA) is 108 Å². The Labute approximate surface area is 214 Å². The fraction of sp³-hybridized carbons (Fsp3) is 0.269. The van der Waals surface area contributed by atoms with E-state index in [1.807, 2.05) is 6.92 Å². The van der Waals surface area contributed by atoms with E-state index in [1.54, 1.807) is 54.6 Å². The molecule has 0 amide bonds. The van der Waals surface area contributed by atoms with Gasteiger partial charge in [-0.1, -0.05) is 47.5 Å². The van der Waals surface area contributed by atoms with Gasteiger partial charge in [0.15, 0.2) is 6.10 Å². The first kappa shape index (κ1) is 26.1. The molecule has 0 saturated carbocycles. The maximum absolute atomic E-state index is 13.1. The molecule has 0 bridgehead atoms. The predicted octanol–water partition coefficient (Wildman–Crippen LogP) is 4.13. The van der Waals surface area contributed by atoms with Crippen molar-refractivity contribution in [3.63, 3.8) is 0 Å². The molecule has 0 unspecified atom stereocenters. The van der Waals surface area contributed by atoms with E-state index in [9.17, 15) is 18.3 Å². The van der Waals surface area contributed by atoms with E-state index >= 15 is 0 Å². The SMILES string of the molecule is Cc1ccc(C(=O)O[C@H]2[C@@H](Oc3ccccc3)O[C@@H](C)[C@H](O)[C@H]2OS(=O)(=O)c2ccc(Cl)cc2)cc1. The lowest BCUT2D eigenvalue weighted by molar-refractivity contribution is -0.261. The highest BCUT2D eigenvalue weighted by Gasteiger charge is 2.50. The Bertz CT molecular complexity index is 1280. The minimum absolute atomic E-state index is 0.178. The number of benzene rings is 3. The Morgan fingerprint density at radius 3 is 2.22 bits per heavy atom. The normalized spacial score (nSPS) is 24.2. The van der Waals surface area contributed by atoms with Crippen LogP contribution < -0.4 is 4.74 Å². The zero-order valence-corrected chi connectivity index (χ0v) is 21.1. The molecule has 1 heterocycles. The molecule has 190 valence electrons. The van der Waals surface area contributed by atoms with E-state index in [2.05, 4.69) is 0 Å². The Balaban J connectivity index is 1.68. The van der Waals surface area contributed by atoms with Crippen LogP contribution in [0.2, 0.25) is 5.02 Å². The first-order valence-electron chi connectivity index (χ1n) is 11.2. The van der Waals surface area contributed by atoms with Crippen molar-refractivity contribution >= 4 is 27.7 Å². The highest BCUT2D eigenvalue weighted by Crippen LogP contribution is 2.31. The standard InChI is InChI=1S/C26H25ClO8S/c1-16-8-10-18(11-9-16)25(29)34-24-23(35-36(30,31)21-14-12-19(27)13-15-21)22(28)17(2)32-26(24)33-20-6-4-3-5-7-20/h3-15,17,22-24,26,28H,1-2H3/t17-,22-,23+,24+,26+/m0/s1. The highest BCUT2D eigenvalue weighted by atomic mass is 35.5. The van der Waals surface area contributed by atoms with Crippen molar-refractivity contribution in [1.29, 1.82) is 0 Å². The number of hydrogen-bond acceptors (Lipinski definition) is 8. The summed E-state index contributed by atoms with van der Waals surface area (Å²) in [4.78, 5) is 12.8. The zero-order chi connectivity index (χ0) is 25.9. The minimum atomic E-state index is -4.39. The summed E-state index contributed by atoms with van der Waals surface area (Å²) in [6.07, 6.45) is -6.60. The number of carbonyl (C=O) groups excluding carboxylic acids is 1. The van der Waals surface area contributed by atoms with E-state index < -0.39 is 46.8 Å². The Hall–Kier alpha value is -2.95. The van der Waals surface area contributed by atoms with Crippen molar-refractivity contribution in [2.24, 2.45) is 0 Å². The molecular formula is C26H25ClO8S. The third-order valence-electron chi connectivity index (χ3n) is 5.62. The summed E-state index contributed by atoms with van der Waals surface area (Å²) in [5.41, 5.74) is 1.17. The van der Waals surface area contributed by atoms with Crippen molar-refractivity contribution in [2.75, 3.05) is 0 Å². The summed E-state index contributed by atoms with van der Waals surface area (Å²) >= 11 is 5.87. The number of halogens is 1. The van der Waals surface area contributed by atoms with Gasteiger partial charge in [0.05, 0.1) is 16.6 Å². The van der Waals surface area contributed by atoms with E-state index in [0.29, 0.717) is 10.8 Å². The fourth-order valence-electron chi connectivity index (χ4n) is 3.63. The van der Waals surface area contributed by atoms with Crippen LogP contribution in [0.3, 0.4) is 0 Å². The first-order valence-corrected chi connectivity index (χ1v) is 12.9. The van der Waals surface area contributed by atoms with E-state index in [1.165, 1.54) is 31.2 Å².